The van der Waals surface area contributed by atoms with Gasteiger partial charge in [-0.3, -0.25) is 0 Å². The van der Waals surface area contributed by atoms with Crippen LogP contribution in [0.2, 0.25) is 0 Å². The van der Waals surface area contributed by atoms with Crippen molar-refractivity contribution in [2.24, 2.45) is 0 Å². The van der Waals surface area contributed by atoms with Gasteiger partial charge in [-0.2, -0.15) is 5.26 Å². The van der Waals surface area contributed by atoms with Gasteiger partial charge >= 0.3 is 0 Å². The van der Waals surface area contributed by atoms with Crippen LogP contribution in [0.3, 0.4) is 0 Å². The van der Waals surface area contributed by atoms with Crippen LogP contribution in [0.25, 0.3) is 0 Å². The number of rotatable bonds is 5. The van der Waals surface area contributed by atoms with E-state index in [1.54, 1.807) is 0 Å². The number of hydrogen-bond donors (Lipinski definition) is 1. The number of nitriles is 1. The molecule has 11 heavy (non-hydrogen) atoms. The summed E-state index contributed by atoms with van der Waals surface area (Å²) in [5.74, 6) is 0. The van der Waals surface area contributed by atoms with Crippen LogP contribution in [0.4, 0.5) is 0 Å². The molecule has 1 atom stereocenters. The Labute approximate surface area is 68.8 Å². The highest BCUT2D eigenvalue weighted by atomic mass is 16.3. The summed E-state index contributed by atoms with van der Waals surface area (Å²) in [5, 5.41) is 18.1. The van der Waals surface area contributed by atoms with E-state index >= 15 is 0 Å². The zero-order valence-corrected chi connectivity index (χ0v) is 7.43. The van der Waals surface area contributed by atoms with Gasteiger partial charge in [-0.15, -0.1) is 0 Å². The van der Waals surface area contributed by atoms with E-state index in [0.29, 0.717) is 12.8 Å². The molecule has 2 heteroatoms. The van der Waals surface area contributed by atoms with Gasteiger partial charge in [-0.05, 0) is 19.3 Å². The first-order chi connectivity index (χ1) is 5.18. The van der Waals surface area contributed by atoms with Crippen LogP contribution in [0.5, 0.6) is 0 Å². The van der Waals surface area contributed by atoms with Gasteiger partial charge in [0.2, 0.25) is 0 Å². The summed E-state index contributed by atoms with van der Waals surface area (Å²) in [6, 6.07) is 2.06. The third kappa shape index (κ3) is 4.00. The summed E-state index contributed by atoms with van der Waals surface area (Å²) in [6.07, 6.45) is 3.63. The predicted molar refractivity (Wildman–Crippen MR) is 45.0 cm³/mol. The SMILES string of the molecule is CCCC(O)(CC)CCC#N. The highest BCUT2D eigenvalue weighted by molar-refractivity contribution is 4.81. The molecule has 0 saturated carbocycles. The Balaban J connectivity index is 3.79. The van der Waals surface area contributed by atoms with E-state index in [-0.39, 0.29) is 0 Å². The van der Waals surface area contributed by atoms with Crippen molar-refractivity contribution >= 4 is 0 Å². The van der Waals surface area contributed by atoms with E-state index < -0.39 is 5.60 Å². The fourth-order valence-electron chi connectivity index (χ4n) is 1.23. The Hall–Kier alpha value is -0.550. The quantitative estimate of drug-likeness (QED) is 0.661. The zero-order valence-electron chi connectivity index (χ0n) is 7.43. The first kappa shape index (κ1) is 10.4. The predicted octanol–water partition coefficient (Wildman–Crippen LogP) is 2.23. The Morgan fingerprint density at radius 1 is 1.36 bits per heavy atom. The van der Waals surface area contributed by atoms with E-state index in [1.807, 2.05) is 13.8 Å². The monoisotopic (exact) mass is 155 g/mol. The maximum absolute atomic E-state index is 9.80. The largest absolute Gasteiger partial charge is 0.390 e. The van der Waals surface area contributed by atoms with Gasteiger partial charge in [-0.25, -0.2) is 0 Å². The lowest BCUT2D eigenvalue weighted by molar-refractivity contribution is 0.0196. The van der Waals surface area contributed by atoms with Crippen molar-refractivity contribution in [2.75, 3.05) is 0 Å². The molecule has 0 aliphatic rings. The Morgan fingerprint density at radius 3 is 2.36 bits per heavy atom. The first-order valence-corrected chi connectivity index (χ1v) is 4.28. The van der Waals surface area contributed by atoms with Gasteiger partial charge in [-0.1, -0.05) is 20.3 Å². The number of aliphatic hydroxyl groups is 1. The summed E-state index contributed by atoms with van der Waals surface area (Å²) >= 11 is 0. The molecule has 0 aromatic carbocycles. The van der Waals surface area contributed by atoms with E-state index in [2.05, 4.69) is 6.07 Å². The molecule has 0 rings (SSSR count). The molecule has 0 aromatic heterocycles. The maximum Gasteiger partial charge on any atom is 0.0655 e. The fraction of sp³-hybridized carbons (Fsp3) is 0.889. The Morgan fingerprint density at radius 2 is 2.00 bits per heavy atom. The molecular formula is C9H17NO. The van der Waals surface area contributed by atoms with Crippen LogP contribution in [0.1, 0.15) is 46.0 Å². The molecule has 2 nitrogen and oxygen atoms in total. The van der Waals surface area contributed by atoms with E-state index in [9.17, 15) is 5.11 Å². The van der Waals surface area contributed by atoms with Gasteiger partial charge in [0, 0.05) is 6.42 Å². The fourth-order valence-corrected chi connectivity index (χ4v) is 1.23. The molecule has 0 aliphatic heterocycles. The van der Waals surface area contributed by atoms with Gasteiger partial charge in [0.1, 0.15) is 0 Å². The van der Waals surface area contributed by atoms with Gasteiger partial charge < -0.3 is 5.11 Å². The molecule has 0 fully saturated rings. The molecule has 0 bridgehead atoms. The minimum atomic E-state index is -0.579. The highest BCUT2D eigenvalue weighted by Gasteiger charge is 2.22. The second-order valence-corrected chi connectivity index (χ2v) is 2.99. The van der Waals surface area contributed by atoms with E-state index in [4.69, 9.17) is 5.26 Å². The first-order valence-electron chi connectivity index (χ1n) is 4.28. The lowest BCUT2D eigenvalue weighted by Gasteiger charge is -2.24. The number of nitrogens with zero attached hydrogens (tertiary/aromatic N) is 1. The smallest absolute Gasteiger partial charge is 0.0655 e. The van der Waals surface area contributed by atoms with E-state index in [1.165, 1.54) is 0 Å². The van der Waals surface area contributed by atoms with Crippen LogP contribution in [0, 0.1) is 11.3 Å². The van der Waals surface area contributed by atoms with Crippen LogP contribution < -0.4 is 0 Å². The third-order valence-corrected chi connectivity index (χ3v) is 2.08. The molecular weight excluding hydrogens is 138 g/mol. The van der Waals surface area contributed by atoms with Crippen LogP contribution >= 0.6 is 0 Å². The average molecular weight is 155 g/mol. The van der Waals surface area contributed by atoms with Crippen molar-refractivity contribution in [3.05, 3.63) is 0 Å². The van der Waals surface area contributed by atoms with Crippen molar-refractivity contribution in [2.45, 2.75) is 51.6 Å². The molecule has 0 saturated heterocycles. The van der Waals surface area contributed by atoms with Crippen molar-refractivity contribution in [1.29, 1.82) is 5.26 Å². The zero-order chi connectivity index (χ0) is 8.74. The van der Waals surface area contributed by atoms with Crippen LogP contribution in [0.15, 0.2) is 0 Å². The molecule has 0 radical (unpaired) electrons. The van der Waals surface area contributed by atoms with Crippen molar-refractivity contribution in [3.63, 3.8) is 0 Å². The maximum atomic E-state index is 9.80. The molecule has 1 unspecified atom stereocenters. The summed E-state index contributed by atoms with van der Waals surface area (Å²) in [6.45, 7) is 4.01. The molecule has 64 valence electrons. The third-order valence-electron chi connectivity index (χ3n) is 2.08. The molecule has 1 N–H and O–H groups in total. The second-order valence-electron chi connectivity index (χ2n) is 2.99. The minimum Gasteiger partial charge on any atom is -0.390 e. The molecule has 0 aromatic rings. The molecule has 0 heterocycles. The van der Waals surface area contributed by atoms with Gasteiger partial charge in [0.25, 0.3) is 0 Å². The summed E-state index contributed by atoms with van der Waals surface area (Å²) in [7, 11) is 0. The Kier molecular flexibility index (Phi) is 4.89. The van der Waals surface area contributed by atoms with Crippen molar-refractivity contribution < 1.29 is 5.11 Å². The second kappa shape index (κ2) is 5.15. The molecule has 0 spiro atoms. The summed E-state index contributed by atoms with van der Waals surface area (Å²) in [5.41, 5.74) is -0.579. The van der Waals surface area contributed by atoms with Crippen molar-refractivity contribution in [3.8, 4) is 6.07 Å². The molecule has 0 amide bonds. The average Bonchev–Trinajstić information content (AvgIpc) is 2.02. The van der Waals surface area contributed by atoms with Crippen LogP contribution in [-0.4, -0.2) is 10.7 Å². The van der Waals surface area contributed by atoms with Crippen LogP contribution in [-0.2, 0) is 0 Å². The molecule has 0 aliphatic carbocycles. The Bertz CT molecular complexity index is 139. The van der Waals surface area contributed by atoms with Gasteiger partial charge in [0.05, 0.1) is 11.7 Å². The summed E-state index contributed by atoms with van der Waals surface area (Å²) < 4.78 is 0. The summed E-state index contributed by atoms with van der Waals surface area (Å²) in [4.78, 5) is 0. The lowest BCUT2D eigenvalue weighted by atomic mass is 9.90. The highest BCUT2D eigenvalue weighted by Crippen LogP contribution is 2.22. The number of hydrogen-bond acceptors (Lipinski definition) is 2. The van der Waals surface area contributed by atoms with E-state index in [0.717, 1.165) is 19.3 Å². The lowest BCUT2D eigenvalue weighted by Crippen LogP contribution is -2.26. The van der Waals surface area contributed by atoms with Gasteiger partial charge in [0.15, 0.2) is 0 Å². The standard InChI is InChI=1S/C9H17NO/c1-3-6-9(11,4-2)7-5-8-10/h11H,3-7H2,1-2H3. The topological polar surface area (TPSA) is 44.0 Å². The normalized spacial score (nSPS) is 15.5. The van der Waals surface area contributed by atoms with Crippen molar-refractivity contribution in [1.82, 2.24) is 0 Å². The minimum absolute atomic E-state index is 0.463.